The van der Waals surface area contributed by atoms with Gasteiger partial charge in [0, 0.05) is 5.39 Å². The van der Waals surface area contributed by atoms with Crippen LogP contribution in [0.25, 0.3) is 10.9 Å². The summed E-state index contributed by atoms with van der Waals surface area (Å²) in [7, 11) is 0. The van der Waals surface area contributed by atoms with Crippen molar-refractivity contribution in [2.75, 3.05) is 5.43 Å². The third-order valence-corrected chi connectivity index (χ3v) is 3.26. The number of anilines is 1. The second kappa shape index (κ2) is 5.16. The van der Waals surface area contributed by atoms with E-state index in [1.807, 2.05) is 6.92 Å². The molecule has 6 heteroatoms. The molecule has 0 aliphatic heterocycles. The minimum absolute atomic E-state index is 0.0245. The number of hydrazine groups is 1. The Morgan fingerprint density at radius 2 is 2.11 bits per heavy atom. The third kappa shape index (κ3) is 2.18. The van der Waals surface area contributed by atoms with Gasteiger partial charge in [0.15, 0.2) is 5.82 Å². The number of fused-ring (bicyclic) bond motifs is 1. The molecule has 2 rings (SSSR count). The molecular formula is C12H12BrF2N3. The Morgan fingerprint density at radius 1 is 1.39 bits per heavy atom. The van der Waals surface area contributed by atoms with Gasteiger partial charge in [0.1, 0.15) is 17.2 Å². The predicted octanol–water partition coefficient (Wildman–Crippen LogP) is 3.51. The van der Waals surface area contributed by atoms with Crippen LogP contribution in [0.3, 0.4) is 0 Å². The average Bonchev–Trinajstić information content (AvgIpc) is 2.36. The number of aryl methyl sites for hydroxylation is 1. The maximum atomic E-state index is 13.9. The van der Waals surface area contributed by atoms with Gasteiger partial charge >= 0.3 is 0 Å². The highest BCUT2D eigenvalue weighted by Crippen LogP contribution is 2.29. The summed E-state index contributed by atoms with van der Waals surface area (Å²) in [6.07, 6.45) is 1.55. The van der Waals surface area contributed by atoms with E-state index in [0.717, 1.165) is 18.1 Å². The van der Waals surface area contributed by atoms with E-state index in [2.05, 4.69) is 26.3 Å². The summed E-state index contributed by atoms with van der Waals surface area (Å²) < 4.78 is 27.8. The molecule has 96 valence electrons. The summed E-state index contributed by atoms with van der Waals surface area (Å²) in [4.78, 5) is 4.04. The van der Waals surface area contributed by atoms with Crippen LogP contribution in [0.15, 0.2) is 16.6 Å². The summed E-state index contributed by atoms with van der Waals surface area (Å²) in [5, 5.41) is 0.157. The van der Waals surface area contributed by atoms with E-state index < -0.39 is 11.6 Å². The molecule has 18 heavy (non-hydrogen) atoms. The minimum Gasteiger partial charge on any atom is -0.308 e. The molecule has 0 aliphatic rings. The summed E-state index contributed by atoms with van der Waals surface area (Å²) in [5.74, 6) is 4.63. The largest absolute Gasteiger partial charge is 0.308 e. The quantitative estimate of drug-likeness (QED) is 0.517. The lowest BCUT2D eigenvalue weighted by atomic mass is 10.1. The van der Waals surface area contributed by atoms with E-state index in [0.29, 0.717) is 12.2 Å². The SMILES string of the molecule is CCCc1cc2c(F)c(Br)cc(F)c2nc1NN. The van der Waals surface area contributed by atoms with Gasteiger partial charge < -0.3 is 5.43 Å². The van der Waals surface area contributed by atoms with E-state index in [1.54, 1.807) is 6.07 Å². The number of nitrogens with two attached hydrogens (primary N) is 1. The van der Waals surface area contributed by atoms with E-state index in [9.17, 15) is 8.78 Å². The van der Waals surface area contributed by atoms with E-state index in [1.165, 1.54) is 0 Å². The van der Waals surface area contributed by atoms with Crippen molar-refractivity contribution in [3.8, 4) is 0 Å². The molecule has 3 nitrogen and oxygen atoms in total. The Hall–Kier alpha value is -1.27. The number of aromatic nitrogens is 1. The maximum absolute atomic E-state index is 13.9. The number of halogens is 3. The molecule has 1 aromatic carbocycles. The lowest BCUT2D eigenvalue weighted by molar-refractivity contribution is 0.609. The Morgan fingerprint density at radius 3 is 2.72 bits per heavy atom. The van der Waals surface area contributed by atoms with Crippen molar-refractivity contribution in [3.63, 3.8) is 0 Å². The first kappa shape index (κ1) is 13.2. The van der Waals surface area contributed by atoms with Crippen LogP contribution in [-0.4, -0.2) is 4.98 Å². The Bertz CT molecular complexity index is 602. The number of hydrogen-bond donors (Lipinski definition) is 2. The zero-order valence-electron chi connectivity index (χ0n) is 9.73. The molecule has 0 bridgehead atoms. The molecule has 1 heterocycles. The first-order valence-electron chi connectivity index (χ1n) is 5.52. The van der Waals surface area contributed by atoms with Gasteiger partial charge in [-0.3, -0.25) is 0 Å². The molecule has 0 unspecified atom stereocenters. The number of rotatable bonds is 3. The van der Waals surface area contributed by atoms with E-state index >= 15 is 0 Å². The smallest absolute Gasteiger partial charge is 0.150 e. The van der Waals surface area contributed by atoms with Crippen LogP contribution in [0.5, 0.6) is 0 Å². The van der Waals surface area contributed by atoms with Crippen molar-refractivity contribution < 1.29 is 8.78 Å². The lowest BCUT2D eigenvalue weighted by Gasteiger charge is -2.10. The zero-order chi connectivity index (χ0) is 13.3. The fourth-order valence-electron chi connectivity index (χ4n) is 1.86. The number of nitrogen functional groups attached to an aromatic ring is 1. The zero-order valence-corrected chi connectivity index (χ0v) is 11.3. The molecule has 0 saturated carbocycles. The summed E-state index contributed by atoms with van der Waals surface area (Å²) in [6, 6.07) is 2.65. The minimum atomic E-state index is -0.585. The van der Waals surface area contributed by atoms with Crippen LogP contribution in [0, 0.1) is 11.6 Å². The maximum Gasteiger partial charge on any atom is 0.150 e. The Labute approximate surface area is 111 Å². The molecule has 3 N–H and O–H groups in total. The standard InChI is InChI=1S/C12H12BrF2N3/c1-2-3-6-4-7-10(15)8(13)5-9(14)11(7)17-12(6)18-16/h4-5H,2-3,16H2,1H3,(H,17,18). The van der Waals surface area contributed by atoms with Crippen LogP contribution in [0.2, 0.25) is 0 Å². The van der Waals surface area contributed by atoms with Gasteiger partial charge in [-0.05, 0) is 40.0 Å². The second-order valence-electron chi connectivity index (χ2n) is 3.94. The monoisotopic (exact) mass is 315 g/mol. The third-order valence-electron chi connectivity index (χ3n) is 2.68. The predicted molar refractivity (Wildman–Crippen MR) is 71.2 cm³/mol. The fraction of sp³-hybridized carbons (Fsp3) is 0.250. The highest BCUT2D eigenvalue weighted by molar-refractivity contribution is 9.10. The van der Waals surface area contributed by atoms with Crippen LogP contribution in [-0.2, 0) is 6.42 Å². The second-order valence-corrected chi connectivity index (χ2v) is 4.80. The molecule has 0 radical (unpaired) electrons. The van der Waals surface area contributed by atoms with E-state index in [4.69, 9.17) is 5.84 Å². The van der Waals surface area contributed by atoms with Gasteiger partial charge in [-0.1, -0.05) is 13.3 Å². The molecule has 0 spiro atoms. The highest BCUT2D eigenvalue weighted by atomic mass is 79.9. The van der Waals surface area contributed by atoms with Crippen molar-refractivity contribution in [3.05, 3.63) is 33.8 Å². The van der Waals surface area contributed by atoms with Crippen molar-refractivity contribution in [1.82, 2.24) is 4.98 Å². The van der Waals surface area contributed by atoms with Crippen molar-refractivity contribution in [2.45, 2.75) is 19.8 Å². The first-order valence-corrected chi connectivity index (χ1v) is 6.31. The fourth-order valence-corrected chi connectivity index (χ4v) is 2.28. The highest BCUT2D eigenvalue weighted by Gasteiger charge is 2.15. The molecule has 0 fully saturated rings. The van der Waals surface area contributed by atoms with Gasteiger partial charge in [0.25, 0.3) is 0 Å². The summed E-state index contributed by atoms with van der Waals surface area (Å²) in [5.41, 5.74) is 3.16. The number of hydrogen-bond acceptors (Lipinski definition) is 3. The molecule has 1 aromatic heterocycles. The van der Waals surface area contributed by atoms with Crippen LogP contribution >= 0.6 is 15.9 Å². The van der Waals surface area contributed by atoms with Gasteiger partial charge in [-0.2, -0.15) is 0 Å². The van der Waals surface area contributed by atoms with Crippen molar-refractivity contribution in [2.24, 2.45) is 5.84 Å². The normalized spacial score (nSPS) is 10.9. The number of nitrogens with one attached hydrogen (secondary N) is 1. The molecule has 0 amide bonds. The van der Waals surface area contributed by atoms with Crippen molar-refractivity contribution >= 4 is 32.7 Å². The number of pyridine rings is 1. The number of benzene rings is 1. The molecule has 2 aromatic rings. The van der Waals surface area contributed by atoms with Gasteiger partial charge in [-0.15, -0.1) is 0 Å². The average molecular weight is 316 g/mol. The van der Waals surface area contributed by atoms with Crippen LogP contribution < -0.4 is 11.3 Å². The molecule has 0 aliphatic carbocycles. The van der Waals surface area contributed by atoms with Gasteiger partial charge in [-0.25, -0.2) is 19.6 Å². The first-order chi connectivity index (χ1) is 8.58. The van der Waals surface area contributed by atoms with Gasteiger partial charge in [0.2, 0.25) is 0 Å². The summed E-state index contributed by atoms with van der Waals surface area (Å²) >= 11 is 2.98. The van der Waals surface area contributed by atoms with Crippen molar-refractivity contribution in [1.29, 1.82) is 0 Å². The molecular weight excluding hydrogens is 304 g/mol. The molecule has 0 saturated heterocycles. The van der Waals surface area contributed by atoms with Crippen LogP contribution in [0.4, 0.5) is 14.6 Å². The molecule has 0 atom stereocenters. The van der Waals surface area contributed by atoms with Crippen LogP contribution in [0.1, 0.15) is 18.9 Å². The van der Waals surface area contributed by atoms with E-state index in [-0.39, 0.29) is 15.4 Å². The number of nitrogens with zero attached hydrogens (tertiary/aromatic N) is 1. The Kier molecular flexibility index (Phi) is 3.77. The van der Waals surface area contributed by atoms with Gasteiger partial charge in [0.05, 0.1) is 4.47 Å². The lowest BCUT2D eigenvalue weighted by Crippen LogP contribution is -2.12. The summed E-state index contributed by atoms with van der Waals surface area (Å²) in [6.45, 7) is 1.99. The Balaban J connectivity index is 2.78. The topological polar surface area (TPSA) is 50.9 Å².